The summed E-state index contributed by atoms with van der Waals surface area (Å²) in [6, 6.07) is 7.45. The van der Waals surface area contributed by atoms with Crippen molar-refractivity contribution in [3.8, 4) is 0 Å². The summed E-state index contributed by atoms with van der Waals surface area (Å²) >= 11 is 3.56. The van der Waals surface area contributed by atoms with E-state index >= 15 is 0 Å². The summed E-state index contributed by atoms with van der Waals surface area (Å²) in [5, 5.41) is 3.64. The normalized spacial score (nSPS) is 24.2. The van der Waals surface area contributed by atoms with Gasteiger partial charge in [-0.3, -0.25) is 4.90 Å². The number of nitrogens with zero attached hydrogens (tertiary/aromatic N) is 1. The molecule has 2 heterocycles. The van der Waals surface area contributed by atoms with E-state index in [0.717, 1.165) is 19.1 Å². The van der Waals surface area contributed by atoms with Crippen LogP contribution in [0.2, 0.25) is 0 Å². The Labute approximate surface area is 118 Å². The molecule has 0 aromatic heterocycles. The number of rotatable bonds is 3. The highest BCUT2D eigenvalue weighted by molar-refractivity contribution is 9.10. The second-order valence-corrected chi connectivity index (χ2v) is 6.47. The zero-order valence-corrected chi connectivity index (χ0v) is 12.4. The third-order valence-corrected chi connectivity index (χ3v) is 4.66. The molecule has 2 nitrogen and oxygen atoms in total. The zero-order valence-electron chi connectivity index (χ0n) is 10.8. The van der Waals surface area contributed by atoms with Crippen LogP contribution in [0, 0.1) is 0 Å². The molecule has 3 heteroatoms. The van der Waals surface area contributed by atoms with Crippen LogP contribution in [0.3, 0.4) is 0 Å². The van der Waals surface area contributed by atoms with Crippen LogP contribution in [0.25, 0.3) is 0 Å². The molecule has 1 aromatic rings. The van der Waals surface area contributed by atoms with Gasteiger partial charge < -0.3 is 5.32 Å². The van der Waals surface area contributed by atoms with Gasteiger partial charge in [0.05, 0.1) is 0 Å². The van der Waals surface area contributed by atoms with Crippen molar-refractivity contribution in [2.75, 3.05) is 13.1 Å². The largest absolute Gasteiger partial charge is 0.314 e. The van der Waals surface area contributed by atoms with Crippen molar-refractivity contribution in [1.82, 2.24) is 10.2 Å². The van der Waals surface area contributed by atoms with Crippen LogP contribution in [0.15, 0.2) is 22.7 Å². The SMILES string of the molecule is Brc1ccc2c(c1)CN(CCC1CCCCN1)C2. The van der Waals surface area contributed by atoms with Gasteiger partial charge in [-0.05, 0) is 49.1 Å². The van der Waals surface area contributed by atoms with Gasteiger partial charge in [0.1, 0.15) is 0 Å². The first-order valence-electron chi connectivity index (χ1n) is 7.04. The van der Waals surface area contributed by atoms with Gasteiger partial charge in [-0.2, -0.15) is 0 Å². The number of nitrogens with one attached hydrogen (secondary N) is 1. The molecule has 1 atom stereocenters. The number of hydrogen-bond donors (Lipinski definition) is 1. The standard InChI is InChI=1S/C15H21BrN2/c16-14-5-4-12-10-18(11-13(12)9-14)8-6-15-3-1-2-7-17-15/h4-5,9,15,17H,1-3,6-8,10-11H2. The smallest absolute Gasteiger partial charge is 0.0240 e. The minimum absolute atomic E-state index is 0.759. The molecule has 2 aliphatic heterocycles. The van der Waals surface area contributed by atoms with E-state index in [1.165, 1.54) is 54.4 Å². The molecule has 1 fully saturated rings. The Hall–Kier alpha value is -0.380. The number of piperidine rings is 1. The average Bonchev–Trinajstić information content (AvgIpc) is 2.79. The van der Waals surface area contributed by atoms with E-state index in [9.17, 15) is 0 Å². The van der Waals surface area contributed by atoms with E-state index < -0.39 is 0 Å². The van der Waals surface area contributed by atoms with Crippen molar-refractivity contribution in [2.24, 2.45) is 0 Å². The fourth-order valence-corrected chi connectivity index (χ4v) is 3.51. The van der Waals surface area contributed by atoms with Crippen LogP contribution < -0.4 is 5.32 Å². The summed E-state index contributed by atoms with van der Waals surface area (Å²) in [7, 11) is 0. The van der Waals surface area contributed by atoms with Crippen LogP contribution in [0.1, 0.15) is 36.8 Å². The molecular formula is C15H21BrN2. The molecule has 0 saturated carbocycles. The molecule has 1 unspecified atom stereocenters. The van der Waals surface area contributed by atoms with Gasteiger partial charge in [-0.15, -0.1) is 0 Å². The molecule has 1 N–H and O–H groups in total. The van der Waals surface area contributed by atoms with Crippen LogP contribution in [0.5, 0.6) is 0 Å². The fourth-order valence-electron chi connectivity index (χ4n) is 3.10. The molecule has 0 aliphatic carbocycles. The molecule has 0 radical (unpaired) electrons. The summed E-state index contributed by atoms with van der Waals surface area (Å²) in [5.74, 6) is 0. The first-order valence-corrected chi connectivity index (χ1v) is 7.83. The molecule has 3 rings (SSSR count). The maximum absolute atomic E-state index is 3.64. The summed E-state index contributed by atoms with van der Waals surface area (Å²) in [6.07, 6.45) is 5.44. The number of hydrogen-bond acceptors (Lipinski definition) is 2. The second-order valence-electron chi connectivity index (χ2n) is 5.56. The lowest BCUT2D eigenvalue weighted by Gasteiger charge is -2.25. The Morgan fingerprint density at radius 3 is 2.94 bits per heavy atom. The summed E-state index contributed by atoms with van der Waals surface area (Å²) in [4.78, 5) is 2.58. The molecule has 2 aliphatic rings. The van der Waals surface area contributed by atoms with E-state index in [1.807, 2.05) is 0 Å². The van der Waals surface area contributed by atoms with Crippen molar-refractivity contribution in [2.45, 2.75) is 44.8 Å². The second kappa shape index (κ2) is 5.72. The lowest BCUT2D eigenvalue weighted by atomic mass is 10.0. The fraction of sp³-hybridized carbons (Fsp3) is 0.600. The summed E-state index contributed by atoms with van der Waals surface area (Å²) in [5.41, 5.74) is 3.01. The lowest BCUT2D eigenvalue weighted by Crippen LogP contribution is -2.36. The quantitative estimate of drug-likeness (QED) is 0.921. The maximum atomic E-state index is 3.64. The van der Waals surface area contributed by atoms with Crippen molar-refractivity contribution in [3.63, 3.8) is 0 Å². The topological polar surface area (TPSA) is 15.3 Å². The molecule has 98 valence electrons. The molecule has 1 aromatic carbocycles. The van der Waals surface area contributed by atoms with E-state index in [2.05, 4.69) is 44.3 Å². The lowest BCUT2D eigenvalue weighted by molar-refractivity contribution is 0.252. The monoisotopic (exact) mass is 308 g/mol. The Kier molecular flexibility index (Phi) is 4.02. The highest BCUT2D eigenvalue weighted by atomic mass is 79.9. The van der Waals surface area contributed by atoms with Crippen LogP contribution >= 0.6 is 15.9 Å². The Balaban J connectivity index is 1.51. The Morgan fingerprint density at radius 1 is 1.22 bits per heavy atom. The van der Waals surface area contributed by atoms with Gasteiger partial charge in [0.25, 0.3) is 0 Å². The van der Waals surface area contributed by atoms with Crippen molar-refractivity contribution >= 4 is 15.9 Å². The average molecular weight is 309 g/mol. The van der Waals surface area contributed by atoms with E-state index in [0.29, 0.717) is 0 Å². The maximum Gasteiger partial charge on any atom is 0.0240 e. The molecule has 0 bridgehead atoms. The molecule has 0 amide bonds. The van der Waals surface area contributed by atoms with Gasteiger partial charge in [0.15, 0.2) is 0 Å². The van der Waals surface area contributed by atoms with E-state index in [1.54, 1.807) is 0 Å². The molecule has 0 spiro atoms. The van der Waals surface area contributed by atoms with Crippen LogP contribution in [-0.2, 0) is 13.1 Å². The van der Waals surface area contributed by atoms with Gasteiger partial charge in [0.2, 0.25) is 0 Å². The van der Waals surface area contributed by atoms with Crippen molar-refractivity contribution in [1.29, 1.82) is 0 Å². The van der Waals surface area contributed by atoms with E-state index in [-0.39, 0.29) is 0 Å². The Bertz CT molecular complexity index is 413. The van der Waals surface area contributed by atoms with E-state index in [4.69, 9.17) is 0 Å². The predicted molar refractivity (Wildman–Crippen MR) is 78.5 cm³/mol. The minimum atomic E-state index is 0.759. The molecule has 18 heavy (non-hydrogen) atoms. The molecular weight excluding hydrogens is 288 g/mol. The minimum Gasteiger partial charge on any atom is -0.314 e. The van der Waals surface area contributed by atoms with Crippen LogP contribution in [0.4, 0.5) is 0 Å². The zero-order chi connectivity index (χ0) is 12.4. The highest BCUT2D eigenvalue weighted by Gasteiger charge is 2.20. The first kappa shape index (κ1) is 12.6. The molecule has 1 saturated heterocycles. The Morgan fingerprint density at radius 2 is 2.11 bits per heavy atom. The van der Waals surface area contributed by atoms with Gasteiger partial charge in [-0.25, -0.2) is 0 Å². The van der Waals surface area contributed by atoms with Crippen molar-refractivity contribution < 1.29 is 0 Å². The number of fused-ring (bicyclic) bond motifs is 1. The first-order chi connectivity index (χ1) is 8.81. The summed E-state index contributed by atoms with van der Waals surface area (Å²) in [6.45, 7) is 4.71. The number of halogens is 1. The van der Waals surface area contributed by atoms with Gasteiger partial charge in [-0.1, -0.05) is 28.4 Å². The summed E-state index contributed by atoms with van der Waals surface area (Å²) < 4.78 is 1.21. The highest BCUT2D eigenvalue weighted by Crippen LogP contribution is 2.26. The predicted octanol–water partition coefficient (Wildman–Crippen LogP) is 3.30. The van der Waals surface area contributed by atoms with Gasteiger partial charge >= 0.3 is 0 Å². The van der Waals surface area contributed by atoms with Gasteiger partial charge in [0, 0.05) is 30.1 Å². The number of benzene rings is 1. The van der Waals surface area contributed by atoms with Crippen molar-refractivity contribution in [3.05, 3.63) is 33.8 Å². The van der Waals surface area contributed by atoms with Crippen LogP contribution in [-0.4, -0.2) is 24.0 Å². The third kappa shape index (κ3) is 2.95. The third-order valence-electron chi connectivity index (χ3n) is 4.16.